The number of carboxylic acids is 1. The van der Waals surface area contributed by atoms with Gasteiger partial charge in [0.2, 0.25) is 0 Å². The minimum Gasteiger partial charge on any atom is -0.478 e. The minimum absolute atomic E-state index is 0.159. The summed E-state index contributed by atoms with van der Waals surface area (Å²) < 4.78 is 1.65. The maximum atomic E-state index is 11.2. The van der Waals surface area contributed by atoms with E-state index in [1.807, 2.05) is 0 Å². The highest BCUT2D eigenvalue weighted by molar-refractivity contribution is 5.93. The third kappa shape index (κ3) is 2.53. The van der Waals surface area contributed by atoms with Gasteiger partial charge in [-0.25, -0.2) is 4.79 Å². The highest BCUT2D eigenvalue weighted by atomic mass is 16.4. The molecule has 94 valence electrons. The Balaban J connectivity index is 2.39. The highest BCUT2D eigenvalue weighted by Gasteiger charge is 2.17. The smallest absolute Gasteiger partial charge is 0.339 e. The van der Waals surface area contributed by atoms with Crippen LogP contribution in [0.1, 0.15) is 30.1 Å². The van der Waals surface area contributed by atoms with Crippen molar-refractivity contribution in [3.8, 4) is 11.4 Å². The van der Waals surface area contributed by atoms with Crippen molar-refractivity contribution >= 4 is 5.97 Å². The number of aryl methyl sites for hydroxylation is 1. The van der Waals surface area contributed by atoms with Gasteiger partial charge in [-0.1, -0.05) is 13.3 Å². The average Bonchev–Trinajstić information content (AvgIpc) is 2.82. The largest absolute Gasteiger partial charge is 0.478 e. The molecule has 0 aromatic carbocycles. The molecule has 2 aromatic rings. The second-order valence-corrected chi connectivity index (χ2v) is 3.90. The molecule has 0 saturated carbocycles. The average molecular weight is 246 g/mol. The lowest BCUT2D eigenvalue weighted by molar-refractivity contribution is 0.0697. The molecule has 0 unspecified atom stereocenters. The van der Waals surface area contributed by atoms with Crippen LogP contribution >= 0.6 is 0 Å². The molecule has 2 rings (SSSR count). The monoisotopic (exact) mass is 246 g/mol. The van der Waals surface area contributed by atoms with Crippen LogP contribution in [0.25, 0.3) is 11.4 Å². The van der Waals surface area contributed by atoms with Crippen LogP contribution in [0.3, 0.4) is 0 Å². The Hall–Kier alpha value is -2.24. The molecular formula is C12H14N4O2. The van der Waals surface area contributed by atoms with Gasteiger partial charge in [0, 0.05) is 25.1 Å². The molecule has 0 fully saturated rings. The normalized spacial score (nSPS) is 10.5. The number of aromatic carboxylic acids is 1. The van der Waals surface area contributed by atoms with Crippen LogP contribution in [0.15, 0.2) is 24.8 Å². The maximum Gasteiger partial charge on any atom is 0.339 e. The van der Waals surface area contributed by atoms with Crippen molar-refractivity contribution in [2.45, 2.75) is 26.3 Å². The molecular weight excluding hydrogens is 232 g/mol. The molecule has 0 aliphatic rings. The van der Waals surface area contributed by atoms with Crippen molar-refractivity contribution in [3.05, 3.63) is 30.4 Å². The van der Waals surface area contributed by atoms with Crippen molar-refractivity contribution in [2.24, 2.45) is 0 Å². The van der Waals surface area contributed by atoms with E-state index in [0.29, 0.717) is 17.9 Å². The Morgan fingerprint density at radius 3 is 2.89 bits per heavy atom. The number of hydrogen-bond acceptors (Lipinski definition) is 4. The van der Waals surface area contributed by atoms with Crippen molar-refractivity contribution in [3.63, 3.8) is 0 Å². The van der Waals surface area contributed by atoms with Gasteiger partial charge < -0.3 is 5.11 Å². The molecule has 2 aromatic heterocycles. The summed E-state index contributed by atoms with van der Waals surface area (Å²) in [6.07, 6.45) is 8.11. The Bertz CT molecular complexity index is 536. The zero-order valence-corrected chi connectivity index (χ0v) is 10.1. The van der Waals surface area contributed by atoms with Crippen LogP contribution in [-0.2, 0) is 6.54 Å². The van der Waals surface area contributed by atoms with Gasteiger partial charge in [-0.3, -0.25) is 14.6 Å². The van der Waals surface area contributed by atoms with E-state index in [1.165, 1.54) is 18.6 Å². The quantitative estimate of drug-likeness (QED) is 0.870. The molecule has 0 bridgehead atoms. The van der Waals surface area contributed by atoms with Crippen molar-refractivity contribution in [1.82, 2.24) is 19.7 Å². The zero-order chi connectivity index (χ0) is 13.0. The van der Waals surface area contributed by atoms with Crippen LogP contribution in [0.5, 0.6) is 0 Å². The molecule has 0 aliphatic carbocycles. The SMILES string of the molecule is CCCCn1cc(C(=O)O)c(-c2cnccn2)n1. The van der Waals surface area contributed by atoms with E-state index >= 15 is 0 Å². The van der Waals surface area contributed by atoms with Crippen LogP contribution in [0.4, 0.5) is 0 Å². The summed E-state index contributed by atoms with van der Waals surface area (Å²) in [4.78, 5) is 19.2. The Morgan fingerprint density at radius 1 is 1.44 bits per heavy atom. The lowest BCUT2D eigenvalue weighted by Gasteiger charge is -1.98. The number of hydrogen-bond donors (Lipinski definition) is 1. The van der Waals surface area contributed by atoms with Gasteiger partial charge in [0.1, 0.15) is 17.0 Å². The van der Waals surface area contributed by atoms with Gasteiger partial charge in [0.15, 0.2) is 0 Å². The van der Waals surface area contributed by atoms with Crippen LogP contribution in [-0.4, -0.2) is 30.8 Å². The number of carbonyl (C=O) groups is 1. The van der Waals surface area contributed by atoms with Crippen molar-refractivity contribution in [1.29, 1.82) is 0 Å². The number of aromatic nitrogens is 4. The number of nitrogens with zero attached hydrogens (tertiary/aromatic N) is 4. The van der Waals surface area contributed by atoms with E-state index in [2.05, 4.69) is 22.0 Å². The lowest BCUT2D eigenvalue weighted by atomic mass is 10.2. The zero-order valence-electron chi connectivity index (χ0n) is 10.1. The molecule has 0 atom stereocenters. The third-order valence-electron chi connectivity index (χ3n) is 2.54. The first kappa shape index (κ1) is 12.2. The van der Waals surface area contributed by atoms with Crippen LogP contribution < -0.4 is 0 Å². The van der Waals surface area contributed by atoms with Crippen molar-refractivity contribution in [2.75, 3.05) is 0 Å². The first-order valence-corrected chi connectivity index (χ1v) is 5.79. The minimum atomic E-state index is -1.00. The second kappa shape index (κ2) is 5.39. The van der Waals surface area contributed by atoms with Crippen LogP contribution in [0.2, 0.25) is 0 Å². The molecule has 0 amide bonds. The topological polar surface area (TPSA) is 80.9 Å². The Morgan fingerprint density at radius 2 is 2.28 bits per heavy atom. The fraction of sp³-hybridized carbons (Fsp3) is 0.333. The fourth-order valence-corrected chi connectivity index (χ4v) is 1.62. The number of carboxylic acid groups (broad SMARTS) is 1. The molecule has 1 N–H and O–H groups in total. The predicted molar refractivity (Wildman–Crippen MR) is 65.1 cm³/mol. The molecule has 0 radical (unpaired) electrons. The second-order valence-electron chi connectivity index (χ2n) is 3.90. The van der Waals surface area contributed by atoms with E-state index in [9.17, 15) is 4.79 Å². The van der Waals surface area contributed by atoms with Gasteiger partial charge in [-0.05, 0) is 6.42 Å². The van der Waals surface area contributed by atoms with Gasteiger partial charge in [-0.15, -0.1) is 0 Å². The van der Waals surface area contributed by atoms with Gasteiger partial charge in [0.25, 0.3) is 0 Å². The summed E-state index contributed by atoms with van der Waals surface area (Å²) in [7, 11) is 0. The van der Waals surface area contributed by atoms with E-state index in [1.54, 1.807) is 10.9 Å². The van der Waals surface area contributed by atoms with E-state index in [0.717, 1.165) is 12.8 Å². The molecule has 18 heavy (non-hydrogen) atoms. The summed E-state index contributed by atoms with van der Waals surface area (Å²) in [6.45, 7) is 2.78. The molecule has 6 heteroatoms. The Kier molecular flexibility index (Phi) is 3.66. The van der Waals surface area contributed by atoms with Crippen molar-refractivity contribution < 1.29 is 9.90 Å². The summed E-state index contributed by atoms with van der Waals surface area (Å²) in [5.41, 5.74) is 1.00. The first-order valence-electron chi connectivity index (χ1n) is 5.79. The van der Waals surface area contributed by atoms with E-state index in [-0.39, 0.29) is 5.56 Å². The molecule has 0 saturated heterocycles. The van der Waals surface area contributed by atoms with Crippen LogP contribution in [0, 0.1) is 0 Å². The Labute approximate surface area is 104 Å². The summed E-state index contributed by atoms with van der Waals surface area (Å²) in [6, 6.07) is 0. The molecule has 6 nitrogen and oxygen atoms in total. The van der Waals surface area contributed by atoms with Gasteiger partial charge >= 0.3 is 5.97 Å². The van der Waals surface area contributed by atoms with Gasteiger partial charge in [0.05, 0.1) is 6.20 Å². The molecule has 0 spiro atoms. The third-order valence-corrected chi connectivity index (χ3v) is 2.54. The lowest BCUT2D eigenvalue weighted by Crippen LogP contribution is -1.98. The number of rotatable bonds is 5. The van der Waals surface area contributed by atoms with E-state index < -0.39 is 5.97 Å². The first-order chi connectivity index (χ1) is 8.72. The number of unbranched alkanes of at least 4 members (excludes halogenated alkanes) is 1. The van der Waals surface area contributed by atoms with Gasteiger partial charge in [-0.2, -0.15) is 5.10 Å². The maximum absolute atomic E-state index is 11.2. The summed E-state index contributed by atoms with van der Waals surface area (Å²) in [5, 5.41) is 13.4. The summed E-state index contributed by atoms with van der Waals surface area (Å²) in [5.74, 6) is -1.00. The standard InChI is InChI=1S/C12H14N4O2/c1-2-3-6-16-8-9(12(17)18)11(15-16)10-7-13-4-5-14-10/h4-5,7-8H,2-3,6H2,1H3,(H,17,18). The molecule has 2 heterocycles. The highest BCUT2D eigenvalue weighted by Crippen LogP contribution is 2.19. The molecule has 0 aliphatic heterocycles. The summed E-state index contributed by atoms with van der Waals surface area (Å²) >= 11 is 0. The predicted octanol–water partition coefficient (Wildman–Crippen LogP) is 1.84. The fourth-order valence-electron chi connectivity index (χ4n) is 1.62. The van der Waals surface area contributed by atoms with E-state index in [4.69, 9.17) is 5.11 Å².